The zero-order valence-electron chi connectivity index (χ0n) is 9.75. The molecule has 0 bridgehead atoms. The molecule has 19 heavy (non-hydrogen) atoms. The van der Waals surface area contributed by atoms with Gasteiger partial charge >= 0.3 is 6.18 Å². The zero-order valence-corrected chi connectivity index (χ0v) is 11.3. The number of hydrogen-bond donors (Lipinski definition) is 1. The number of nitrogens with one attached hydrogen (secondary N) is 1. The molecule has 0 saturated carbocycles. The minimum Gasteiger partial charge on any atom is -0.315 e. The lowest BCUT2D eigenvalue weighted by atomic mass is 10.3. The Morgan fingerprint density at radius 3 is 2.63 bits per heavy atom. The third kappa shape index (κ3) is 3.23. The highest BCUT2D eigenvalue weighted by molar-refractivity contribution is 7.15. The Bertz CT molecular complexity index is 566. The van der Waals surface area contributed by atoms with Gasteiger partial charge in [0.25, 0.3) is 0 Å². The van der Waals surface area contributed by atoms with Crippen LogP contribution in [0.3, 0.4) is 0 Å². The van der Waals surface area contributed by atoms with Crippen LogP contribution in [0, 0.1) is 0 Å². The van der Waals surface area contributed by atoms with Gasteiger partial charge in [0.15, 0.2) is 5.69 Å². The van der Waals surface area contributed by atoms with Crippen molar-refractivity contribution in [2.45, 2.75) is 12.7 Å². The van der Waals surface area contributed by atoms with Crippen molar-refractivity contribution in [1.82, 2.24) is 15.3 Å². The first-order chi connectivity index (χ1) is 8.91. The van der Waals surface area contributed by atoms with Gasteiger partial charge in [0.05, 0.1) is 15.6 Å². The van der Waals surface area contributed by atoms with Gasteiger partial charge in [0, 0.05) is 12.7 Å². The van der Waals surface area contributed by atoms with E-state index >= 15 is 0 Å². The van der Waals surface area contributed by atoms with Crippen LogP contribution >= 0.6 is 22.9 Å². The van der Waals surface area contributed by atoms with Crippen molar-refractivity contribution in [1.29, 1.82) is 0 Å². The van der Waals surface area contributed by atoms with Gasteiger partial charge in [-0.05, 0) is 19.2 Å². The number of alkyl halides is 3. The summed E-state index contributed by atoms with van der Waals surface area (Å²) in [5.74, 6) is 0. The van der Waals surface area contributed by atoms with E-state index in [0.29, 0.717) is 10.7 Å². The predicted molar refractivity (Wildman–Crippen MR) is 68.1 cm³/mol. The highest BCUT2D eigenvalue weighted by Crippen LogP contribution is 2.37. The molecule has 1 N–H and O–H groups in total. The van der Waals surface area contributed by atoms with Gasteiger partial charge in [0.2, 0.25) is 0 Å². The summed E-state index contributed by atoms with van der Waals surface area (Å²) in [5.41, 5.74) is -0.485. The smallest absolute Gasteiger partial charge is 0.315 e. The topological polar surface area (TPSA) is 37.8 Å². The monoisotopic (exact) mass is 307 g/mol. The van der Waals surface area contributed by atoms with E-state index in [1.54, 1.807) is 19.2 Å². The van der Waals surface area contributed by atoms with Gasteiger partial charge in [-0.3, -0.25) is 4.98 Å². The number of nitrogens with zero attached hydrogens (tertiary/aromatic N) is 2. The van der Waals surface area contributed by atoms with Crippen LogP contribution in [0.25, 0.3) is 10.7 Å². The Morgan fingerprint density at radius 2 is 2.11 bits per heavy atom. The first-order valence-corrected chi connectivity index (χ1v) is 6.44. The molecule has 102 valence electrons. The Labute approximate surface area is 116 Å². The largest absolute Gasteiger partial charge is 0.434 e. The van der Waals surface area contributed by atoms with E-state index in [1.165, 1.54) is 6.20 Å². The second-order valence-electron chi connectivity index (χ2n) is 3.68. The van der Waals surface area contributed by atoms with Crippen molar-refractivity contribution in [3.05, 3.63) is 33.9 Å². The molecule has 0 saturated heterocycles. The molecule has 0 spiro atoms. The lowest BCUT2D eigenvalue weighted by Crippen LogP contribution is -2.12. The molecule has 0 radical (unpaired) electrons. The molecule has 0 aromatic carbocycles. The molecular formula is C11H9ClF3N3S. The molecule has 0 atom stereocenters. The minimum absolute atomic E-state index is 0.111. The van der Waals surface area contributed by atoms with Crippen molar-refractivity contribution in [2.24, 2.45) is 0 Å². The summed E-state index contributed by atoms with van der Waals surface area (Å²) in [6, 6.07) is 3.11. The fraction of sp³-hybridized carbons (Fsp3) is 0.273. The van der Waals surface area contributed by atoms with E-state index in [0.717, 1.165) is 11.3 Å². The molecule has 0 aliphatic rings. The fourth-order valence-corrected chi connectivity index (χ4v) is 2.65. The van der Waals surface area contributed by atoms with E-state index in [1.807, 2.05) is 0 Å². The van der Waals surface area contributed by atoms with Gasteiger partial charge in [0.1, 0.15) is 5.01 Å². The van der Waals surface area contributed by atoms with E-state index < -0.39 is 11.9 Å². The summed E-state index contributed by atoms with van der Waals surface area (Å²) in [4.78, 5) is 7.76. The second kappa shape index (κ2) is 5.44. The maximum atomic E-state index is 12.8. The second-order valence-corrected chi connectivity index (χ2v) is 5.20. The highest BCUT2D eigenvalue weighted by atomic mass is 35.5. The number of aromatic nitrogens is 2. The van der Waals surface area contributed by atoms with Gasteiger partial charge < -0.3 is 5.32 Å². The molecule has 2 aromatic rings. The van der Waals surface area contributed by atoms with Gasteiger partial charge in [-0.2, -0.15) is 13.2 Å². The number of thiazole rings is 1. The molecular weight excluding hydrogens is 299 g/mol. The summed E-state index contributed by atoms with van der Waals surface area (Å²) in [5, 5.41) is 3.35. The summed E-state index contributed by atoms with van der Waals surface area (Å²) >= 11 is 6.66. The Hall–Kier alpha value is -1.18. The lowest BCUT2D eigenvalue weighted by molar-refractivity contribution is -0.141. The van der Waals surface area contributed by atoms with Crippen LogP contribution in [-0.2, 0) is 12.7 Å². The third-order valence-electron chi connectivity index (χ3n) is 2.25. The molecule has 0 fully saturated rings. The third-order valence-corrected chi connectivity index (χ3v) is 3.55. The summed E-state index contributed by atoms with van der Waals surface area (Å²) in [6.07, 6.45) is -3.09. The van der Waals surface area contributed by atoms with Gasteiger partial charge in [-0.25, -0.2) is 4.98 Å². The first-order valence-electron chi connectivity index (χ1n) is 5.25. The van der Waals surface area contributed by atoms with Crippen LogP contribution in [0.1, 0.15) is 10.6 Å². The maximum absolute atomic E-state index is 12.8. The molecule has 0 unspecified atom stereocenters. The van der Waals surface area contributed by atoms with Gasteiger partial charge in [-0.1, -0.05) is 11.6 Å². The molecule has 2 heterocycles. The van der Waals surface area contributed by atoms with E-state index in [4.69, 9.17) is 11.6 Å². The van der Waals surface area contributed by atoms with Crippen LogP contribution in [0.15, 0.2) is 18.3 Å². The standard InChI is InChI=1S/C11H9ClF3N3S/c1-16-5-8-9(11(13,14)15)18-10(19-8)7-3-2-6(12)4-17-7/h2-4,16H,5H2,1H3. The number of hydrogen-bond acceptors (Lipinski definition) is 4. The fourth-order valence-electron chi connectivity index (χ4n) is 1.47. The Morgan fingerprint density at radius 1 is 1.37 bits per heavy atom. The molecule has 0 amide bonds. The normalized spacial score (nSPS) is 11.8. The molecule has 2 aromatic heterocycles. The number of rotatable bonds is 3. The van der Waals surface area contributed by atoms with E-state index in [-0.39, 0.29) is 16.4 Å². The number of pyridine rings is 1. The number of halogens is 4. The van der Waals surface area contributed by atoms with Crippen molar-refractivity contribution < 1.29 is 13.2 Å². The predicted octanol–water partition coefficient (Wildman–Crippen LogP) is 3.60. The van der Waals surface area contributed by atoms with Crippen molar-refractivity contribution in [3.63, 3.8) is 0 Å². The average molecular weight is 308 g/mol. The summed E-state index contributed by atoms with van der Waals surface area (Å²) < 4.78 is 38.5. The molecule has 0 aliphatic carbocycles. The van der Waals surface area contributed by atoms with Crippen LogP contribution in [0.4, 0.5) is 13.2 Å². The maximum Gasteiger partial charge on any atom is 0.434 e. The minimum atomic E-state index is -4.46. The van der Waals surface area contributed by atoms with Crippen molar-refractivity contribution in [2.75, 3.05) is 7.05 Å². The van der Waals surface area contributed by atoms with Crippen LogP contribution < -0.4 is 5.32 Å². The Balaban J connectivity index is 2.45. The molecule has 0 aliphatic heterocycles. The first kappa shape index (κ1) is 14.2. The SMILES string of the molecule is CNCc1sc(-c2ccc(Cl)cn2)nc1C(F)(F)F. The van der Waals surface area contributed by atoms with E-state index in [2.05, 4.69) is 15.3 Å². The molecule has 8 heteroatoms. The quantitative estimate of drug-likeness (QED) is 0.941. The molecule has 3 nitrogen and oxygen atoms in total. The Kier molecular flexibility index (Phi) is 4.07. The molecule has 2 rings (SSSR count). The lowest BCUT2D eigenvalue weighted by Gasteiger charge is -2.04. The summed E-state index contributed by atoms with van der Waals surface area (Å²) in [6.45, 7) is 0.111. The van der Waals surface area contributed by atoms with Crippen LogP contribution in [0.5, 0.6) is 0 Å². The average Bonchev–Trinajstić information content (AvgIpc) is 2.74. The van der Waals surface area contributed by atoms with Crippen LogP contribution in [-0.4, -0.2) is 17.0 Å². The van der Waals surface area contributed by atoms with Crippen molar-refractivity contribution in [3.8, 4) is 10.7 Å². The van der Waals surface area contributed by atoms with Gasteiger partial charge in [-0.15, -0.1) is 11.3 Å². The van der Waals surface area contributed by atoms with Crippen molar-refractivity contribution >= 4 is 22.9 Å². The zero-order chi connectivity index (χ0) is 14.0. The van der Waals surface area contributed by atoms with E-state index in [9.17, 15) is 13.2 Å². The summed E-state index contributed by atoms with van der Waals surface area (Å²) in [7, 11) is 1.58. The highest BCUT2D eigenvalue weighted by Gasteiger charge is 2.37. The van der Waals surface area contributed by atoms with Crippen LogP contribution in [0.2, 0.25) is 5.02 Å².